The minimum absolute atomic E-state index is 0.0396. The van der Waals surface area contributed by atoms with Crippen LogP contribution in [0.25, 0.3) is 0 Å². The maximum Gasteiger partial charge on any atom is 0.422 e. The molecule has 6 nitrogen and oxygen atoms in total. The van der Waals surface area contributed by atoms with E-state index < -0.39 is 23.6 Å². The molecule has 23 heavy (non-hydrogen) atoms. The Hall–Kier alpha value is -2.62. The molecule has 0 bridgehead atoms. The second-order valence-electron chi connectivity index (χ2n) is 4.25. The summed E-state index contributed by atoms with van der Waals surface area (Å²) in [6.45, 7) is -1.50. The quantitative estimate of drug-likeness (QED) is 0.658. The third-order valence-corrected chi connectivity index (χ3v) is 3.56. The number of carbonyl (C=O) groups excluding carboxylic acids is 1. The maximum atomic E-state index is 12.2. The van der Waals surface area contributed by atoms with Gasteiger partial charge in [0.1, 0.15) is 5.75 Å². The van der Waals surface area contributed by atoms with Crippen molar-refractivity contribution in [3.05, 3.63) is 51.4 Å². The van der Waals surface area contributed by atoms with Gasteiger partial charge in [0.2, 0.25) is 0 Å². The smallest absolute Gasteiger partial charge is 0.422 e. The number of nitro groups is 1. The van der Waals surface area contributed by atoms with Gasteiger partial charge < -0.3 is 10.1 Å². The first-order valence-electron chi connectivity index (χ1n) is 6.10. The van der Waals surface area contributed by atoms with Crippen LogP contribution in [0.5, 0.6) is 5.75 Å². The fourth-order valence-corrected chi connectivity index (χ4v) is 2.30. The Morgan fingerprint density at radius 1 is 1.26 bits per heavy atom. The number of thiophene rings is 1. The van der Waals surface area contributed by atoms with Gasteiger partial charge >= 0.3 is 11.2 Å². The molecule has 1 heterocycles. The predicted molar refractivity (Wildman–Crippen MR) is 76.9 cm³/mol. The van der Waals surface area contributed by atoms with Crippen molar-refractivity contribution in [3.8, 4) is 5.75 Å². The minimum Gasteiger partial charge on any atom is -0.482 e. The van der Waals surface area contributed by atoms with Crippen LogP contribution in [0.4, 0.5) is 23.9 Å². The highest BCUT2D eigenvalue weighted by Crippen LogP contribution is 2.29. The lowest BCUT2D eigenvalue weighted by Crippen LogP contribution is -2.20. The second kappa shape index (κ2) is 6.65. The number of rotatable bonds is 5. The predicted octanol–water partition coefficient (Wildman–Crippen LogP) is 3.85. The Labute approximate surface area is 131 Å². The van der Waals surface area contributed by atoms with E-state index in [2.05, 4.69) is 10.1 Å². The standard InChI is InChI=1S/C13H9F3N2O4S/c14-13(15,16)7-22-9-4-2-1-3-8(9)17-12(19)10-5-6-11(23-10)18(20)21/h1-6H,7H2,(H,17,19). The van der Waals surface area contributed by atoms with Gasteiger partial charge in [-0.25, -0.2) is 0 Å². The lowest BCUT2D eigenvalue weighted by atomic mass is 10.3. The molecule has 2 rings (SSSR count). The Bertz CT molecular complexity index is 730. The van der Waals surface area contributed by atoms with Gasteiger partial charge in [0, 0.05) is 6.07 Å². The molecule has 122 valence electrons. The summed E-state index contributed by atoms with van der Waals surface area (Å²) in [4.78, 5) is 22.0. The average molecular weight is 346 g/mol. The van der Waals surface area contributed by atoms with Crippen molar-refractivity contribution < 1.29 is 27.6 Å². The number of nitrogens with zero attached hydrogens (tertiary/aromatic N) is 1. The van der Waals surface area contributed by atoms with Crippen LogP contribution in [0, 0.1) is 10.1 Å². The fourth-order valence-electron chi connectivity index (χ4n) is 1.59. The van der Waals surface area contributed by atoms with E-state index in [0.717, 1.165) is 0 Å². The van der Waals surface area contributed by atoms with Crippen LogP contribution in [0.2, 0.25) is 0 Å². The summed E-state index contributed by atoms with van der Waals surface area (Å²) >= 11 is 0.660. The van der Waals surface area contributed by atoms with E-state index in [1.165, 1.54) is 36.4 Å². The van der Waals surface area contributed by atoms with Crippen LogP contribution in [-0.2, 0) is 0 Å². The van der Waals surface area contributed by atoms with Crippen molar-refractivity contribution in [2.24, 2.45) is 0 Å². The van der Waals surface area contributed by atoms with Crippen molar-refractivity contribution in [2.45, 2.75) is 6.18 Å². The molecular formula is C13H9F3N2O4S. The van der Waals surface area contributed by atoms with Gasteiger partial charge in [0.15, 0.2) is 6.61 Å². The monoisotopic (exact) mass is 346 g/mol. The molecule has 0 saturated carbocycles. The normalized spacial score (nSPS) is 11.1. The Balaban J connectivity index is 2.12. The molecule has 0 atom stereocenters. The highest BCUT2D eigenvalue weighted by Gasteiger charge is 2.29. The van der Waals surface area contributed by atoms with Crippen molar-refractivity contribution >= 4 is 27.9 Å². The molecule has 0 unspecified atom stereocenters. The first-order valence-corrected chi connectivity index (χ1v) is 6.92. The molecular weight excluding hydrogens is 337 g/mol. The molecule has 0 aliphatic heterocycles. The van der Waals surface area contributed by atoms with Gasteiger partial charge in [-0.05, 0) is 18.2 Å². The van der Waals surface area contributed by atoms with Crippen LogP contribution in [0.15, 0.2) is 36.4 Å². The molecule has 0 spiro atoms. The number of carbonyl (C=O) groups is 1. The van der Waals surface area contributed by atoms with Crippen LogP contribution >= 0.6 is 11.3 Å². The molecule has 1 N–H and O–H groups in total. The highest BCUT2D eigenvalue weighted by atomic mass is 32.1. The number of nitrogens with one attached hydrogen (secondary N) is 1. The number of alkyl halides is 3. The van der Waals surface area contributed by atoms with Gasteiger partial charge in [0.25, 0.3) is 5.91 Å². The summed E-state index contributed by atoms with van der Waals surface area (Å²) < 4.78 is 41.3. The van der Waals surface area contributed by atoms with E-state index in [1.54, 1.807) is 0 Å². The summed E-state index contributed by atoms with van der Waals surface area (Å²) in [5.74, 6) is -0.824. The number of ether oxygens (including phenoxy) is 1. The number of benzene rings is 1. The number of anilines is 1. The Morgan fingerprint density at radius 2 is 1.96 bits per heavy atom. The first kappa shape index (κ1) is 16.7. The largest absolute Gasteiger partial charge is 0.482 e. The molecule has 0 aliphatic rings. The molecule has 1 aromatic heterocycles. The zero-order valence-corrected chi connectivity index (χ0v) is 12.1. The van der Waals surface area contributed by atoms with Crippen LogP contribution in [0.1, 0.15) is 9.67 Å². The summed E-state index contributed by atoms with van der Waals surface area (Å²) in [5, 5.41) is 12.7. The summed E-state index contributed by atoms with van der Waals surface area (Å²) in [6, 6.07) is 8.04. The number of hydrogen-bond donors (Lipinski definition) is 1. The molecule has 1 amide bonds. The molecule has 0 saturated heterocycles. The second-order valence-corrected chi connectivity index (χ2v) is 5.31. The zero-order valence-electron chi connectivity index (χ0n) is 11.3. The first-order chi connectivity index (χ1) is 10.8. The van der Waals surface area contributed by atoms with Crippen molar-refractivity contribution in [1.29, 1.82) is 0 Å². The van der Waals surface area contributed by atoms with Crippen molar-refractivity contribution in [2.75, 3.05) is 11.9 Å². The van der Waals surface area contributed by atoms with E-state index in [0.29, 0.717) is 11.3 Å². The Kier molecular flexibility index (Phi) is 4.84. The third kappa shape index (κ3) is 4.68. The topological polar surface area (TPSA) is 81.5 Å². The number of para-hydroxylation sites is 2. The Morgan fingerprint density at radius 3 is 2.57 bits per heavy atom. The van der Waals surface area contributed by atoms with E-state index in [4.69, 9.17) is 0 Å². The summed E-state index contributed by atoms with van der Waals surface area (Å²) in [7, 11) is 0. The summed E-state index contributed by atoms with van der Waals surface area (Å²) in [5.41, 5.74) is 0.0396. The summed E-state index contributed by atoms with van der Waals surface area (Å²) in [6.07, 6.45) is -4.51. The van der Waals surface area contributed by atoms with E-state index in [-0.39, 0.29) is 21.3 Å². The van der Waals surface area contributed by atoms with E-state index in [9.17, 15) is 28.1 Å². The van der Waals surface area contributed by atoms with E-state index in [1.807, 2.05) is 0 Å². The van der Waals surface area contributed by atoms with Gasteiger partial charge in [-0.2, -0.15) is 13.2 Å². The van der Waals surface area contributed by atoms with Crippen molar-refractivity contribution in [3.63, 3.8) is 0 Å². The molecule has 1 aromatic carbocycles. The van der Waals surface area contributed by atoms with Gasteiger partial charge in [-0.3, -0.25) is 14.9 Å². The maximum absolute atomic E-state index is 12.2. The molecule has 0 fully saturated rings. The zero-order chi connectivity index (χ0) is 17.0. The number of amides is 1. The average Bonchev–Trinajstić information content (AvgIpc) is 2.95. The minimum atomic E-state index is -4.51. The fraction of sp³-hybridized carbons (Fsp3) is 0.154. The third-order valence-electron chi connectivity index (χ3n) is 2.52. The number of halogens is 3. The van der Waals surface area contributed by atoms with Crippen LogP contribution in [0.3, 0.4) is 0 Å². The number of hydrogen-bond acceptors (Lipinski definition) is 5. The lowest BCUT2D eigenvalue weighted by Gasteiger charge is -2.13. The van der Waals surface area contributed by atoms with Crippen molar-refractivity contribution in [1.82, 2.24) is 0 Å². The molecule has 0 radical (unpaired) electrons. The SMILES string of the molecule is O=C(Nc1ccccc1OCC(F)(F)F)c1ccc([N+](=O)[O-])s1. The molecule has 0 aliphatic carbocycles. The molecule has 10 heteroatoms. The molecule has 2 aromatic rings. The van der Waals surface area contributed by atoms with Gasteiger partial charge in [-0.1, -0.05) is 23.5 Å². The van der Waals surface area contributed by atoms with Gasteiger partial charge in [-0.15, -0.1) is 0 Å². The lowest BCUT2D eigenvalue weighted by molar-refractivity contribution is -0.380. The van der Waals surface area contributed by atoms with Crippen LogP contribution in [-0.4, -0.2) is 23.6 Å². The van der Waals surface area contributed by atoms with Crippen LogP contribution < -0.4 is 10.1 Å². The highest BCUT2D eigenvalue weighted by molar-refractivity contribution is 7.17. The van der Waals surface area contributed by atoms with Gasteiger partial charge in [0.05, 0.1) is 15.5 Å². The van der Waals surface area contributed by atoms with E-state index >= 15 is 0 Å².